The van der Waals surface area contributed by atoms with Crippen LogP contribution in [0.25, 0.3) is 10.9 Å². The number of benzene rings is 1. The van der Waals surface area contributed by atoms with Crippen LogP contribution in [0.5, 0.6) is 0 Å². The highest BCUT2D eigenvalue weighted by atomic mass is 32.1. The molecule has 1 aromatic heterocycles. The first kappa shape index (κ1) is 15.1. The predicted octanol–water partition coefficient (Wildman–Crippen LogP) is 2.08. The average molecular weight is 302 g/mol. The van der Waals surface area contributed by atoms with Gasteiger partial charge in [-0.3, -0.25) is 15.6 Å². The molecule has 0 spiro atoms. The van der Waals surface area contributed by atoms with E-state index in [-0.39, 0.29) is 5.91 Å². The van der Waals surface area contributed by atoms with Crippen LogP contribution in [-0.4, -0.2) is 22.5 Å². The Morgan fingerprint density at radius 1 is 1.38 bits per heavy atom. The number of nitrogens with one attached hydrogen (secondary N) is 4. The number of hydrogen-bond acceptors (Lipinski definition) is 2. The number of thiocarbonyl (C=S) groups is 1. The number of hydrazine groups is 1. The van der Waals surface area contributed by atoms with Gasteiger partial charge in [0.25, 0.3) is 5.91 Å². The van der Waals surface area contributed by atoms with Crippen LogP contribution in [0.1, 0.15) is 21.6 Å². The summed E-state index contributed by atoms with van der Waals surface area (Å²) in [5.74, 6) is -0.238. The molecule has 110 valence electrons. The second-order valence-electron chi connectivity index (χ2n) is 4.71. The second-order valence-corrected chi connectivity index (χ2v) is 5.12. The molecule has 21 heavy (non-hydrogen) atoms. The summed E-state index contributed by atoms with van der Waals surface area (Å²) in [6, 6.07) is 5.54. The Balaban J connectivity index is 2.07. The third-order valence-corrected chi connectivity index (χ3v) is 3.51. The van der Waals surface area contributed by atoms with Crippen molar-refractivity contribution in [1.29, 1.82) is 0 Å². The van der Waals surface area contributed by atoms with E-state index < -0.39 is 0 Å². The molecule has 2 rings (SSSR count). The first-order valence-electron chi connectivity index (χ1n) is 6.57. The fraction of sp³-hybridized carbons (Fsp3) is 0.200. The number of amides is 1. The lowest BCUT2D eigenvalue weighted by atomic mass is 10.1. The lowest BCUT2D eigenvalue weighted by Gasteiger charge is -2.10. The van der Waals surface area contributed by atoms with E-state index in [1.54, 1.807) is 12.1 Å². The molecule has 0 aliphatic carbocycles. The van der Waals surface area contributed by atoms with E-state index in [2.05, 4.69) is 27.7 Å². The Morgan fingerprint density at radius 2 is 2.14 bits per heavy atom. The van der Waals surface area contributed by atoms with Crippen molar-refractivity contribution in [3.05, 3.63) is 47.7 Å². The van der Waals surface area contributed by atoms with Gasteiger partial charge in [-0.05, 0) is 49.8 Å². The normalized spacial score (nSPS) is 10.2. The lowest BCUT2D eigenvalue weighted by Crippen LogP contribution is -2.46. The van der Waals surface area contributed by atoms with Crippen molar-refractivity contribution < 1.29 is 4.79 Å². The first-order chi connectivity index (χ1) is 10.0. The molecule has 5 nitrogen and oxygen atoms in total. The molecular weight excluding hydrogens is 284 g/mol. The lowest BCUT2D eigenvalue weighted by molar-refractivity contribution is 0.0944. The van der Waals surface area contributed by atoms with E-state index in [1.165, 1.54) is 0 Å². The van der Waals surface area contributed by atoms with E-state index in [9.17, 15) is 4.79 Å². The molecule has 0 saturated carbocycles. The fourth-order valence-corrected chi connectivity index (χ4v) is 2.13. The minimum atomic E-state index is -0.238. The largest absolute Gasteiger partial charge is 0.358 e. The molecule has 0 aliphatic heterocycles. The summed E-state index contributed by atoms with van der Waals surface area (Å²) in [5, 5.41) is 4.26. The van der Waals surface area contributed by atoms with Gasteiger partial charge < -0.3 is 10.3 Å². The van der Waals surface area contributed by atoms with E-state index in [0.717, 1.165) is 22.2 Å². The van der Waals surface area contributed by atoms with Gasteiger partial charge in [0, 0.05) is 28.7 Å². The Hall–Kier alpha value is -2.34. The number of H-pyrrole nitrogens is 1. The number of fused-ring (bicyclic) bond motifs is 1. The molecular formula is C15H18N4OS. The van der Waals surface area contributed by atoms with E-state index in [4.69, 9.17) is 12.2 Å². The molecule has 1 amide bonds. The average Bonchev–Trinajstić information content (AvgIpc) is 2.77. The highest BCUT2D eigenvalue weighted by Crippen LogP contribution is 2.22. The SMILES string of the molecule is C=CCNC(=S)NNC(=O)c1ccc2[nH]c(C)c(C)c2c1. The maximum absolute atomic E-state index is 12.1. The van der Waals surface area contributed by atoms with Crippen molar-refractivity contribution in [2.24, 2.45) is 0 Å². The zero-order chi connectivity index (χ0) is 15.4. The number of aromatic nitrogens is 1. The quantitative estimate of drug-likeness (QED) is 0.398. The Morgan fingerprint density at radius 3 is 2.86 bits per heavy atom. The van der Waals surface area contributed by atoms with Crippen molar-refractivity contribution in [1.82, 2.24) is 21.2 Å². The van der Waals surface area contributed by atoms with Gasteiger partial charge in [-0.1, -0.05) is 6.08 Å². The van der Waals surface area contributed by atoms with Crippen molar-refractivity contribution in [3.63, 3.8) is 0 Å². The van der Waals surface area contributed by atoms with E-state index in [0.29, 0.717) is 17.2 Å². The third-order valence-electron chi connectivity index (χ3n) is 3.27. The topological polar surface area (TPSA) is 68.9 Å². The van der Waals surface area contributed by atoms with Crippen LogP contribution in [0.4, 0.5) is 0 Å². The number of hydrogen-bond donors (Lipinski definition) is 4. The molecule has 6 heteroatoms. The van der Waals surface area contributed by atoms with Gasteiger partial charge in [-0.25, -0.2) is 0 Å². The Kier molecular flexibility index (Phi) is 4.59. The van der Waals surface area contributed by atoms with Crippen LogP contribution < -0.4 is 16.2 Å². The summed E-state index contributed by atoms with van der Waals surface area (Å²) in [7, 11) is 0. The maximum atomic E-state index is 12.1. The fourth-order valence-electron chi connectivity index (χ4n) is 2.00. The summed E-state index contributed by atoms with van der Waals surface area (Å²) in [6.45, 7) is 8.16. The van der Waals surface area contributed by atoms with Crippen molar-refractivity contribution >= 4 is 34.1 Å². The van der Waals surface area contributed by atoms with Crippen LogP contribution in [0, 0.1) is 13.8 Å². The van der Waals surface area contributed by atoms with Crippen LogP contribution in [0.2, 0.25) is 0 Å². The summed E-state index contributed by atoms with van der Waals surface area (Å²) in [5.41, 5.74) is 9.06. The predicted molar refractivity (Wildman–Crippen MR) is 89.2 cm³/mol. The van der Waals surface area contributed by atoms with Crippen LogP contribution in [-0.2, 0) is 0 Å². The smallest absolute Gasteiger partial charge is 0.269 e. The van der Waals surface area contributed by atoms with Gasteiger partial charge >= 0.3 is 0 Å². The van der Waals surface area contributed by atoms with E-state index >= 15 is 0 Å². The Labute approximate surface area is 128 Å². The number of carbonyl (C=O) groups is 1. The van der Waals surface area contributed by atoms with Gasteiger partial charge in [0.05, 0.1) is 0 Å². The molecule has 0 aliphatic rings. The van der Waals surface area contributed by atoms with Crippen LogP contribution in [0.15, 0.2) is 30.9 Å². The van der Waals surface area contributed by atoms with Gasteiger partial charge in [-0.2, -0.15) is 0 Å². The molecule has 0 radical (unpaired) electrons. The van der Waals surface area contributed by atoms with Gasteiger partial charge in [0.2, 0.25) is 0 Å². The molecule has 4 N–H and O–H groups in total. The highest BCUT2D eigenvalue weighted by molar-refractivity contribution is 7.80. The second kappa shape index (κ2) is 6.41. The molecule has 2 aromatic rings. The maximum Gasteiger partial charge on any atom is 0.269 e. The third kappa shape index (κ3) is 3.41. The van der Waals surface area contributed by atoms with Crippen molar-refractivity contribution in [3.8, 4) is 0 Å². The minimum absolute atomic E-state index is 0.238. The summed E-state index contributed by atoms with van der Waals surface area (Å²) in [4.78, 5) is 15.4. The summed E-state index contributed by atoms with van der Waals surface area (Å²) >= 11 is 5.00. The molecule has 0 fully saturated rings. The highest BCUT2D eigenvalue weighted by Gasteiger charge is 2.10. The monoisotopic (exact) mass is 302 g/mol. The van der Waals surface area contributed by atoms with Gasteiger partial charge in [0.15, 0.2) is 5.11 Å². The van der Waals surface area contributed by atoms with Crippen molar-refractivity contribution in [2.45, 2.75) is 13.8 Å². The standard InChI is InChI=1S/C15H18N4OS/c1-4-7-16-15(21)19-18-14(20)11-5-6-13-12(8-11)9(2)10(3)17-13/h4-6,8,17H,1,7H2,2-3H3,(H,18,20)(H2,16,19,21). The Bertz CT molecular complexity index is 705. The van der Waals surface area contributed by atoms with Crippen LogP contribution >= 0.6 is 12.2 Å². The van der Waals surface area contributed by atoms with Crippen molar-refractivity contribution in [2.75, 3.05) is 6.54 Å². The van der Waals surface area contributed by atoms with Crippen LogP contribution in [0.3, 0.4) is 0 Å². The molecule has 0 bridgehead atoms. The van der Waals surface area contributed by atoms with Gasteiger partial charge in [-0.15, -0.1) is 6.58 Å². The number of aromatic amines is 1. The first-order valence-corrected chi connectivity index (χ1v) is 6.97. The zero-order valence-corrected chi connectivity index (χ0v) is 12.9. The summed E-state index contributed by atoms with van der Waals surface area (Å²) < 4.78 is 0. The molecule has 1 heterocycles. The van der Waals surface area contributed by atoms with E-state index in [1.807, 2.05) is 26.0 Å². The number of aryl methyl sites for hydroxylation is 2. The molecule has 0 saturated heterocycles. The van der Waals surface area contributed by atoms with Gasteiger partial charge in [0.1, 0.15) is 0 Å². The number of carbonyl (C=O) groups excluding carboxylic acids is 1. The summed E-state index contributed by atoms with van der Waals surface area (Å²) in [6.07, 6.45) is 1.68. The molecule has 1 aromatic carbocycles. The minimum Gasteiger partial charge on any atom is -0.358 e. The molecule has 0 atom stereocenters. The number of rotatable bonds is 3. The zero-order valence-electron chi connectivity index (χ0n) is 12.0. The molecule has 0 unspecified atom stereocenters.